The molecule has 24 heavy (non-hydrogen) atoms. The first kappa shape index (κ1) is 18.3. The third kappa shape index (κ3) is 3.87. The summed E-state index contributed by atoms with van der Waals surface area (Å²) in [6.07, 6.45) is -3.27. The minimum absolute atomic E-state index is 0.0186. The second-order valence-corrected chi connectivity index (χ2v) is 5.97. The molecule has 3 N–H and O–H groups in total. The van der Waals surface area contributed by atoms with E-state index in [1.807, 2.05) is 0 Å². The molecule has 132 valence electrons. The molecule has 0 radical (unpaired) electrons. The van der Waals surface area contributed by atoms with Gasteiger partial charge in [-0.05, 0) is 37.5 Å². The Morgan fingerprint density at radius 3 is 2.50 bits per heavy atom. The molecule has 2 rings (SSSR count). The summed E-state index contributed by atoms with van der Waals surface area (Å²) in [5.74, 6) is -1.86. The lowest BCUT2D eigenvalue weighted by molar-refractivity contribution is -0.138. The Morgan fingerprint density at radius 2 is 1.96 bits per heavy atom. The maximum atomic E-state index is 12.9. The number of benzene rings is 1. The molecule has 0 unspecified atom stereocenters. The van der Waals surface area contributed by atoms with E-state index >= 15 is 0 Å². The van der Waals surface area contributed by atoms with Gasteiger partial charge in [-0.2, -0.15) is 13.2 Å². The number of ether oxygens (including phenoxy) is 1. The van der Waals surface area contributed by atoms with Crippen LogP contribution < -0.4 is 11.1 Å². The molecule has 0 saturated carbocycles. The van der Waals surface area contributed by atoms with Crippen LogP contribution in [0.4, 0.5) is 13.2 Å². The normalized spacial score (nSPS) is 20.9. The second kappa shape index (κ2) is 6.80. The Labute approximate surface area is 137 Å². The molecular weight excluding hydrogens is 325 g/mol. The zero-order chi connectivity index (χ0) is 18.0. The van der Waals surface area contributed by atoms with E-state index in [-0.39, 0.29) is 12.2 Å². The minimum Gasteiger partial charge on any atom is -0.381 e. The Balaban J connectivity index is 2.30. The lowest BCUT2D eigenvalue weighted by Gasteiger charge is -2.31. The van der Waals surface area contributed by atoms with Gasteiger partial charge in [0.15, 0.2) is 0 Å². The smallest absolute Gasteiger partial charge is 0.381 e. The van der Waals surface area contributed by atoms with Crippen molar-refractivity contribution >= 4 is 11.8 Å². The topological polar surface area (TPSA) is 81.4 Å². The van der Waals surface area contributed by atoms with Gasteiger partial charge in [0.1, 0.15) is 5.54 Å². The van der Waals surface area contributed by atoms with Gasteiger partial charge in [-0.1, -0.05) is 12.1 Å². The number of nitrogens with two attached hydrogens (primary N) is 1. The molecule has 0 spiro atoms. The van der Waals surface area contributed by atoms with E-state index in [0.29, 0.717) is 19.4 Å². The van der Waals surface area contributed by atoms with Gasteiger partial charge in [0.25, 0.3) is 0 Å². The van der Waals surface area contributed by atoms with Crippen molar-refractivity contribution in [2.45, 2.75) is 31.5 Å². The van der Waals surface area contributed by atoms with Crippen LogP contribution in [0.1, 0.15) is 30.9 Å². The average molecular weight is 344 g/mol. The largest absolute Gasteiger partial charge is 0.416 e. The number of carbonyl (C=O) groups excluding carboxylic acids is 2. The fourth-order valence-electron chi connectivity index (χ4n) is 2.58. The molecule has 1 aliphatic heterocycles. The highest BCUT2D eigenvalue weighted by Gasteiger charge is 2.39. The number of hydrogen-bond donors (Lipinski definition) is 2. The van der Waals surface area contributed by atoms with Crippen LogP contribution in [0.5, 0.6) is 0 Å². The van der Waals surface area contributed by atoms with Crippen LogP contribution in [-0.2, 0) is 26.0 Å². The summed E-state index contributed by atoms with van der Waals surface area (Å²) in [5.41, 5.74) is 2.70. The Hall–Kier alpha value is -2.09. The van der Waals surface area contributed by atoms with Crippen molar-refractivity contribution < 1.29 is 27.5 Å². The molecule has 8 heteroatoms. The summed E-state index contributed by atoms with van der Waals surface area (Å²) in [4.78, 5) is 24.2. The molecule has 1 fully saturated rings. The van der Waals surface area contributed by atoms with Crippen molar-refractivity contribution in [3.8, 4) is 0 Å². The van der Waals surface area contributed by atoms with Crippen molar-refractivity contribution in [2.24, 2.45) is 11.7 Å². The first-order valence-corrected chi connectivity index (χ1v) is 7.52. The van der Waals surface area contributed by atoms with Gasteiger partial charge in [0.05, 0.1) is 18.1 Å². The van der Waals surface area contributed by atoms with E-state index < -0.39 is 35.0 Å². The number of halogens is 3. The highest BCUT2D eigenvalue weighted by Crippen LogP contribution is 2.32. The Bertz CT molecular complexity index is 627. The standard InChI is InChI=1S/C16H19F3N2O3/c1-15(14(20)23,21-13(22)10-4-3-7-24-9-10)11-5-2-6-12(8-11)16(17,18)19/h2,5-6,8,10H,3-4,7,9H2,1H3,(H2,20,23)(H,21,22)/t10-,15+/m0/s1. The molecular formula is C16H19F3N2O3. The molecule has 1 aromatic rings. The first-order chi connectivity index (χ1) is 11.1. The molecule has 0 aromatic heterocycles. The molecule has 1 aliphatic rings. The minimum atomic E-state index is -4.56. The summed E-state index contributed by atoms with van der Waals surface area (Å²) < 4.78 is 43.9. The first-order valence-electron chi connectivity index (χ1n) is 7.52. The summed E-state index contributed by atoms with van der Waals surface area (Å²) in [7, 11) is 0. The summed E-state index contributed by atoms with van der Waals surface area (Å²) in [6.45, 7) is 2.07. The fourth-order valence-corrected chi connectivity index (χ4v) is 2.58. The molecule has 1 saturated heterocycles. The SMILES string of the molecule is C[C@](NC(=O)[C@H]1CCCOC1)(C(N)=O)c1cccc(C(F)(F)F)c1. The maximum absolute atomic E-state index is 12.9. The van der Waals surface area contributed by atoms with Gasteiger partial charge in [-0.3, -0.25) is 9.59 Å². The molecule has 1 heterocycles. The van der Waals surface area contributed by atoms with Crippen molar-refractivity contribution in [3.63, 3.8) is 0 Å². The Morgan fingerprint density at radius 1 is 1.29 bits per heavy atom. The lowest BCUT2D eigenvalue weighted by atomic mass is 9.88. The molecule has 0 bridgehead atoms. The van der Waals surface area contributed by atoms with E-state index in [2.05, 4.69) is 5.32 Å². The zero-order valence-corrected chi connectivity index (χ0v) is 13.2. The van der Waals surface area contributed by atoms with Crippen molar-refractivity contribution in [1.29, 1.82) is 0 Å². The van der Waals surface area contributed by atoms with Crippen molar-refractivity contribution in [3.05, 3.63) is 35.4 Å². The number of alkyl halides is 3. The van der Waals surface area contributed by atoms with Crippen molar-refractivity contribution in [2.75, 3.05) is 13.2 Å². The molecule has 2 amide bonds. The van der Waals surface area contributed by atoms with E-state index in [1.54, 1.807) is 0 Å². The number of nitrogens with one attached hydrogen (secondary N) is 1. The molecule has 0 aliphatic carbocycles. The van der Waals surface area contributed by atoms with Gasteiger partial charge >= 0.3 is 6.18 Å². The number of rotatable bonds is 4. The number of carbonyl (C=O) groups is 2. The second-order valence-electron chi connectivity index (χ2n) is 5.97. The van der Waals surface area contributed by atoms with Crippen LogP contribution in [0.2, 0.25) is 0 Å². The van der Waals surface area contributed by atoms with Gasteiger partial charge in [0, 0.05) is 6.61 Å². The van der Waals surface area contributed by atoms with E-state index in [4.69, 9.17) is 10.5 Å². The van der Waals surface area contributed by atoms with Crippen LogP contribution in [0.25, 0.3) is 0 Å². The average Bonchev–Trinajstić information content (AvgIpc) is 2.54. The van der Waals surface area contributed by atoms with Crippen LogP contribution in [-0.4, -0.2) is 25.0 Å². The van der Waals surface area contributed by atoms with Crippen LogP contribution in [0, 0.1) is 5.92 Å². The number of hydrogen-bond acceptors (Lipinski definition) is 3. The third-order valence-corrected chi connectivity index (χ3v) is 4.16. The van der Waals surface area contributed by atoms with Crippen molar-refractivity contribution in [1.82, 2.24) is 5.32 Å². The van der Waals surface area contributed by atoms with Crippen LogP contribution in [0.3, 0.4) is 0 Å². The summed E-state index contributed by atoms with van der Waals surface area (Å²) in [5, 5.41) is 2.50. The van der Waals surface area contributed by atoms with Crippen LogP contribution in [0.15, 0.2) is 24.3 Å². The van der Waals surface area contributed by atoms with E-state index in [9.17, 15) is 22.8 Å². The maximum Gasteiger partial charge on any atom is 0.416 e. The van der Waals surface area contributed by atoms with Gasteiger partial charge in [0.2, 0.25) is 11.8 Å². The predicted molar refractivity (Wildman–Crippen MR) is 79.7 cm³/mol. The zero-order valence-electron chi connectivity index (χ0n) is 13.2. The van der Waals surface area contributed by atoms with Gasteiger partial charge in [-0.15, -0.1) is 0 Å². The molecule has 5 nitrogen and oxygen atoms in total. The lowest BCUT2D eigenvalue weighted by Crippen LogP contribution is -2.55. The fraction of sp³-hybridized carbons (Fsp3) is 0.500. The predicted octanol–water partition coefficient (Wildman–Crippen LogP) is 1.95. The Kier molecular flexibility index (Phi) is 5.17. The summed E-state index contributed by atoms with van der Waals surface area (Å²) in [6, 6.07) is 4.22. The number of primary amides is 1. The van der Waals surface area contributed by atoms with Crippen LogP contribution >= 0.6 is 0 Å². The number of amides is 2. The van der Waals surface area contributed by atoms with E-state index in [0.717, 1.165) is 12.1 Å². The van der Waals surface area contributed by atoms with E-state index in [1.165, 1.54) is 19.1 Å². The molecule has 2 atom stereocenters. The van der Waals surface area contributed by atoms with Gasteiger partial charge < -0.3 is 15.8 Å². The quantitative estimate of drug-likeness (QED) is 0.876. The highest BCUT2D eigenvalue weighted by molar-refractivity contribution is 5.92. The monoisotopic (exact) mass is 344 g/mol. The van der Waals surface area contributed by atoms with Gasteiger partial charge in [-0.25, -0.2) is 0 Å². The molecule has 1 aromatic carbocycles. The third-order valence-electron chi connectivity index (χ3n) is 4.16. The highest BCUT2D eigenvalue weighted by atomic mass is 19.4. The summed E-state index contributed by atoms with van der Waals surface area (Å²) >= 11 is 0.